The fraction of sp³-hybridized carbons (Fsp3) is 0.214. The molecule has 5 rings (SSSR count). The number of aryl methyl sites for hydroxylation is 2. The SMILES string of the molecule is CC1=C(C(=O)Nc2ccccc2C)[C@@H](c2ccc(N(C)C)cc2)n2c(s/c(=C/c3cnn(C)c3)c2=O)=N1. The number of hydrogen-bond donors (Lipinski definition) is 1. The van der Waals surface area contributed by atoms with Crippen LogP contribution in [0.3, 0.4) is 0 Å². The van der Waals surface area contributed by atoms with E-state index in [0.717, 1.165) is 28.1 Å². The minimum atomic E-state index is -0.618. The topological polar surface area (TPSA) is 84.5 Å². The van der Waals surface area contributed by atoms with Crippen LogP contribution in [0.25, 0.3) is 6.08 Å². The number of amides is 1. The van der Waals surface area contributed by atoms with E-state index in [1.165, 1.54) is 11.3 Å². The van der Waals surface area contributed by atoms with Crippen LogP contribution in [0.5, 0.6) is 0 Å². The van der Waals surface area contributed by atoms with Crippen LogP contribution < -0.4 is 25.1 Å². The lowest BCUT2D eigenvalue weighted by molar-refractivity contribution is -0.113. The summed E-state index contributed by atoms with van der Waals surface area (Å²) in [5.41, 5.74) is 5.21. The molecule has 8 nitrogen and oxygen atoms in total. The van der Waals surface area contributed by atoms with Crippen molar-refractivity contribution in [3.8, 4) is 0 Å². The Labute approximate surface area is 218 Å². The number of nitrogens with zero attached hydrogens (tertiary/aromatic N) is 5. The summed E-state index contributed by atoms with van der Waals surface area (Å²) in [7, 11) is 5.78. The number of thiazole rings is 1. The summed E-state index contributed by atoms with van der Waals surface area (Å²) in [6.45, 7) is 3.77. The van der Waals surface area contributed by atoms with Gasteiger partial charge in [0, 0.05) is 44.3 Å². The Morgan fingerprint density at radius 3 is 2.49 bits per heavy atom. The minimum Gasteiger partial charge on any atom is -0.378 e. The molecule has 3 heterocycles. The fourth-order valence-corrected chi connectivity index (χ4v) is 5.50. The van der Waals surface area contributed by atoms with Gasteiger partial charge in [-0.1, -0.05) is 41.7 Å². The van der Waals surface area contributed by atoms with Gasteiger partial charge in [0.05, 0.1) is 28.0 Å². The first-order valence-corrected chi connectivity index (χ1v) is 12.7. The average molecular weight is 513 g/mol. The summed E-state index contributed by atoms with van der Waals surface area (Å²) in [6, 6.07) is 14.9. The van der Waals surface area contributed by atoms with Crippen molar-refractivity contribution in [1.82, 2.24) is 14.3 Å². The maximum atomic E-state index is 13.8. The number of carbonyl (C=O) groups is 1. The van der Waals surface area contributed by atoms with E-state index in [2.05, 4.69) is 10.4 Å². The molecule has 0 saturated carbocycles. The van der Waals surface area contributed by atoms with Gasteiger partial charge >= 0.3 is 0 Å². The zero-order valence-corrected chi connectivity index (χ0v) is 22.2. The van der Waals surface area contributed by atoms with E-state index in [1.807, 2.05) is 101 Å². The predicted molar refractivity (Wildman–Crippen MR) is 148 cm³/mol. The van der Waals surface area contributed by atoms with Crippen molar-refractivity contribution < 1.29 is 4.79 Å². The number of anilines is 2. The van der Waals surface area contributed by atoms with E-state index in [-0.39, 0.29) is 11.5 Å². The lowest BCUT2D eigenvalue weighted by atomic mass is 9.94. The van der Waals surface area contributed by atoms with E-state index in [1.54, 1.807) is 15.4 Å². The fourth-order valence-electron chi connectivity index (χ4n) is 4.45. The van der Waals surface area contributed by atoms with E-state index in [0.29, 0.717) is 20.6 Å². The molecule has 1 atom stereocenters. The minimum absolute atomic E-state index is 0.192. The Morgan fingerprint density at radius 1 is 1.11 bits per heavy atom. The number of nitrogens with one attached hydrogen (secondary N) is 1. The second kappa shape index (κ2) is 9.67. The van der Waals surface area contributed by atoms with Crippen molar-refractivity contribution in [2.24, 2.45) is 12.0 Å². The number of carbonyl (C=O) groups excluding carboxylic acids is 1. The van der Waals surface area contributed by atoms with Crippen LogP contribution in [-0.4, -0.2) is 34.4 Å². The molecule has 1 N–H and O–H groups in total. The molecule has 0 bridgehead atoms. The lowest BCUT2D eigenvalue weighted by Crippen LogP contribution is -2.40. The first kappa shape index (κ1) is 24.5. The van der Waals surface area contributed by atoms with Crippen LogP contribution in [0.15, 0.2) is 82.0 Å². The van der Waals surface area contributed by atoms with Gasteiger partial charge in [-0.05, 0) is 49.2 Å². The molecular weight excluding hydrogens is 484 g/mol. The quantitative estimate of drug-likeness (QED) is 0.446. The molecule has 1 aliphatic heterocycles. The summed E-state index contributed by atoms with van der Waals surface area (Å²) in [4.78, 5) is 34.8. The number of aromatic nitrogens is 3. The highest BCUT2D eigenvalue weighted by molar-refractivity contribution is 7.07. The summed E-state index contributed by atoms with van der Waals surface area (Å²) in [5, 5.41) is 7.24. The second-order valence-corrected chi connectivity index (χ2v) is 10.3. The zero-order chi connectivity index (χ0) is 26.3. The molecule has 1 aliphatic rings. The van der Waals surface area contributed by atoms with Crippen LogP contribution >= 0.6 is 11.3 Å². The Kier molecular flexibility index (Phi) is 6.39. The summed E-state index contributed by atoms with van der Waals surface area (Å²) < 4.78 is 3.86. The van der Waals surface area contributed by atoms with Crippen LogP contribution in [0.2, 0.25) is 0 Å². The molecule has 0 saturated heterocycles. The van der Waals surface area contributed by atoms with Gasteiger partial charge in [0.1, 0.15) is 0 Å². The van der Waals surface area contributed by atoms with Crippen molar-refractivity contribution in [1.29, 1.82) is 0 Å². The van der Waals surface area contributed by atoms with Gasteiger partial charge in [-0.2, -0.15) is 5.10 Å². The monoisotopic (exact) mass is 512 g/mol. The highest BCUT2D eigenvalue weighted by Crippen LogP contribution is 2.32. The Bertz CT molecular complexity index is 1710. The molecule has 0 unspecified atom stereocenters. The van der Waals surface area contributed by atoms with Crippen LogP contribution in [0.4, 0.5) is 11.4 Å². The molecule has 0 radical (unpaired) electrons. The van der Waals surface area contributed by atoms with Crippen molar-refractivity contribution >= 4 is 34.7 Å². The van der Waals surface area contributed by atoms with Gasteiger partial charge in [-0.25, -0.2) is 4.99 Å². The maximum absolute atomic E-state index is 13.8. The Morgan fingerprint density at radius 2 is 1.84 bits per heavy atom. The highest BCUT2D eigenvalue weighted by atomic mass is 32.1. The summed E-state index contributed by atoms with van der Waals surface area (Å²) in [6.07, 6.45) is 5.37. The Hall–Kier alpha value is -4.24. The Balaban J connectivity index is 1.67. The van der Waals surface area contributed by atoms with Crippen LogP contribution in [-0.2, 0) is 11.8 Å². The number of fused-ring (bicyclic) bond motifs is 1. The maximum Gasteiger partial charge on any atom is 0.271 e. The van der Waals surface area contributed by atoms with Crippen molar-refractivity contribution in [2.45, 2.75) is 19.9 Å². The van der Waals surface area contributed by atoms with Gasteiger partial charge in [0.25, 0.3) is 11.5 Å². The van der Waals surface area contributed by atoms with Gasteiger partial charge < -0.3 is 10.2 Å². The standard InChI is InChI=1S/C28H28N6O2S/c1-17-8-6-7-9-22(17)31-26(35)24-18(2)30-28-34(25(24)20-10-12-21(13-11-20)32(3)4)27(36)23(37-28)14-19-15-29-33(5)16-19/h6-16,25H,1-5H3,(H,31,35)/b23-14+/t25-/m1/s1. The van der Waals surface area contributed by atoms with Gasteiger partial charge in [0.2, 0.25) is 0 Å². The van der Waals surface area contributed by atoms with Gasteiger partial charge in [-0.3, -0.25) is 18.8 Å². The van der Waals surface area contributed by atoms with Gasteiger partial charge in [-0.15, -0.1) is 0 Å². The smallest absolute Gasteiger partial charge is 0.271 e. The number of hydrogen-bond acceptors (Lipinski definition) is 6. The zero-order valence-electron chi connectivity index (χ0n) is 21.4. The molecule has 2 aromatic carbocycles. The first-order chi connectivity index (χ1) is 17.7. The third-order valence-corrected chi connectivity index (χ3v) is 7.39. The van der Waals surface area contributed by atoms with Gasteiger partial charge in [0.15, 0.2) is 4.80 Å². The summed E-state index contributed by atoms with van der Waals surface area (Å²) in [5.74, 6) is -0.279. The van der Waals surface area contributed by atoms with Crippen molar-refractivity contribution in [3.63, 3.8) is 0 Å². The molecular formula is C28H28N6O2S. The van der Waals surface area contributed by atoms with E-state index in [9.17, 15) is 9.59 Å². The van der Waals surface area contributed by atoms with E-state index >= 15 is 0 Å². The molecule has 0 fully saturated rings. The molecule has 9 heteroatoms. The van der Waals surface area contributed by atoms with Crippen molar-refractivity contribution in [3.05, 3.63) is 109 Å². The van der Waals surface area contributed by atoms with Crippen LogP contribution in [0, 0.1) is 6.92 Å². The molecule has 2 aromatic heterocycles. The molecule has 1 amide bonds. The molecule has 0 aliphatic carbocycles. The number of benzene rings is 2. The largest absolute Gasteiger partial charge is 0.378 e. The molecule has 4 aromatic rings. The predicted octanol–water partition coefficient (Wildman–Crippen LogP) is 2.98. The number of allylic oxidation sites excluding steroid dienone is 1. The molecule has 0 spiro atoms. The first-order valence-electron chi connectivity index (χ1n) is 11.9. The summed E-state index contributed by atoms with van der Waals surface area (Å²) >= 11 is 1.31. The normalized spacial score (nSPS) is 15.4. The van der Waals surface area contributed by atoms with E-state index in [4.69, 9.17) is 4.99 Å². The molecule has 188 valence electrons. The highest BCUT2D eigenvalue weighted by Gasteiger charge is 2.32. The second-order valence-electron chi connectivity index (χ2n) is 9.28. The van der Waals surface area contributed by atoms with Crippen LogP contribution in [0.1, 0.15) is 29.7 Å². The van der Waals surface area contributed by atoms with Crippen molar-refractivity contribution in [2.75, 3.05) is 24.3 Å². The third-order valence-electron chi connectivity index (χ3n) is 6.41. The third kappa shape index (κ3) is 4.65. The number of para-hydroxylation sites is 1. The number of rotatable bonds is 5. The van der Waals surface area contributed by atoms with E-state index < -0.39 is 6.04 Å². The molecule has 37 heavy (non-hydrogen) atoms. The lowest BCUT2D eigenvalue weighted by Gasteiger charge is -2.26. The average Bonchev–Trinajstić information content (AvgIpc) is 3.41.